The molecule has 0 aliphatic carbocycles. The minimum Gasteiger partial charge on any atom is -0.748 e. The summed E-state index contributed by atoms with van der Waals surface area (Å²) in [5.74, 6) is -1.48. The topological polar surface area (TPSA) is 83.5 Å². The van der Waals surface area contributed by atoms with Crippen LogP contribution in [0.1, 0.15) is 34.1 Å². The minimum atomic E-state index is -4.39. The first-order valence-electron chi connectivity index (χ1n) is 4.74. The molecule has 0 aliphatic rings. The summed E-state index contributed by atoms with van der Waals surface area (Å²) in [5, 5.41) is 0. The smallest absolute Gasteiger partial charge is 0.748 e. The molecule has 0 bridgehead atoms. The van der Waals surface area contributed by atoms with E-state index in [1.54, 1.807) is 6.92 Å². The van der Waals surface area contributed by atoms with Crippen molar-refractivity contribution in [3.8, 4) is 0 Å². The Kier molecular flexibility index (Phi) is 8.15. The number of hydrogen-bond acceptors (Lipinski definition) is 5. The third-order valence-corrected chi connectivity index (χ3v) is 2.96. The Morgan fingerprint density at radius 2 is 1.88 bits per heavy atom. The third kappa shape index (κ3) is 8.52. The molecular formula is C9H17NaO5S. The quantitative estimate of drug-likeness (QED) is 0.321. The molecule has 0 aliphatic heterocycles. The number of hydrogen-bond donors (Lipinski definition) is 0. The molecule has 0 rings (SSSR count). The van der Waals surface area contributed by atoms with Gasteiger partial charge in [0.15, 0.2) is 0 Å². The molecule has 0 aromatic heterocycles. The van der Waals surface area contributed by atoms with Gasteiger partial charge in [-0.25, -0.2) is 8.42 Å². The Bertz CT molecular complexity index is 323. The van der Waals surface area contributed by atoms with Gasteiger partial charge in [0.25, 0.3) is 0 Å². The molecule has 0 aromatic rings. The average molecular weight is 260 g/mol. The molecule has 0 aromatic carbocycles. The van der Waals surface area contributed by atoms with Crippen LogP contribution in [0, 0.1) is 5.92 Å². The van der Waals surface area contributed by atoms with Crippen LogP contribution in [0.4, 0.5) is 0 Å². The Morgan fingerprint density at radius 3 is 2.19 bits per heavy atom. The molecule has 0 saturated carbocycles. The zero-order valence-corrected chi connectivity index (χ0v) is 13.3. The second-order valence-electron chi connectivity index (χ2n) is 4.19. The van der Waals surface area contributed by atoms with E-state index in [4.69, 9.17) is 4.74 Å². The van der Waals surface area contributed by atoms with Crippen LogP contribution in [-0.2, 0) is 19.6 Å². The summed E-state index contributed by atoms with van der Waals surface area (Å²) < 4.78 is 36.5. The molecule has 1 atom stereocenters. The van der Waals surface area contributed by atoms with Crippen molar-refractivity contribution in [3.05, 3.63) is 0 Å². The van der Waals surface area contributed by atoms with Crippen molar-refractivity contribution in [3.63, 3.8) is 0 Å². The standard InChI is InChI=1S/C9H18O5S.Na/c1-5-7(2)8(10)14-9(3,4)6-15(11,12)13;/h7H,5-6H2,1-4H3,(H,11,12,13);/q;+1/p-1. The van der Waals surface area contributed by atoms with E-state index < -0.39 is 27.4 Å². The summed E-state index contributed by atoms with van der Waals surface area (Å²) in [7, 11) is -4.39. The second kappa shape index (κ2) is 6.96. The second-order valence-corrected chi connectivity index (χ2v) is 5.60. The van der Waals surface area contributed by atoms with E-state index in [0.29, 0.717) is 6.42 Å². The van der Waals surface area contributed by atoms with Gasteiger partial charge in [0, 0.05) is 0 Å². The van der Waals surface area contributed by atoms with E-state index in [9.17, 15) is 17.8 Å². The van der Waals surface area contributed by atoms with Crippen molar-refractivity contribution in [2.75, 3.05) is 5.75 Å². The SMILES string of the molecule is CCC(C)C(=O)OC(C)(C)CS(=O)(=O)[O-].[Na+]. The van der Waals surface area contributed by atoms with Gasteiger partial charge in [-0.3, -0.25) is 4.79 Å². The monoisotopic (exact) mass is 260 g/mol. The largest absolute Gasteiger partial charge is 1.00 e. The first-order valence-corrected chi connectivity index (χ1v) is 6.31. The summed E-state index contributed by atoms with van der Waals surface area (Å²) in [6.45, 7) is 6.32. The fraction of sp³-hybridized carbons (Fsp3) is 0.889. The van der Waals surface area contributed by atoms with Crippen LogP contribution in [0.5, 0.6) is 0 Å². The van der Waals surface area contributed by atoms with E-state index in [0.717, 1.165) is 0 Å². The number of rotatable bonds is 5. The van der Waals surface area contributed by atoms with Gasteiger partial charge in [-0.1, -0.05) is 13.8 Å². The summed E-state index contributed by atoms with van der Waals surface area (Å²) in [4.78, 5) is 11.4. The molecule has 5 nitrogen and oxygen atoms in total. The van der Waals surface area contributed by atoms with Crippen molar-refractivity contribution in [2.24, 2.45) is 5.92 Å². The van der Waals surface area contributed by atoms with E-state index in [-0.39, 0.29) is 35.5 Å². The molecule has 16 heavy (non-hydrogen) atoms. The number of carbonyl (C=O) groups is 1. The van der Waals surface area contributed by atoms with Gasteiger partial charge >= 0.3 is 35.5 Å². The van der Waals surface area contributed by atoms with Gasteiger partial charge in [0.1, 0.15) is 5.60 Å². The van der Waals surface area contributed by atoms with Crippen molar-refractivity contribution < 1.29 is 52.1 Å². The molecule has 0 amide bonds. The maximum absolute atomic E-state index is 11.4. The van der Waals surface area contributed by atoms with E-state index in [1.807, 2.05) is 6.92 Å². The molecule has 0 heterocycles. The molecule has 0 saturated heterocycles. The van der Waals surface area contributed by atoms with Crippen LogP contribution in [-0.4, -0.2) is 30.3 Å². The van der Waals surface area contributed by atoms with Crippen molar-refractivity contribution in [1.82, 2.24) is 0 Å². The van der Waals surface area contributed by atoms with E-state index in [2.05, 4.69) is 0 Å². The van der Waals surface area contributed by atoms with Gasteiger partial charge in [0.2, 0.25) is 0 Å². The van der Waals surface area contributed by atoms with Crippen LogP contribution in [0.3, 0.4) is 0 Å². The zero-order valence-electron chi connectivity index (χ0n) is 10.4. The van der Waals surface area contributed by atoms with Crippen molar-refractivity contribution in [1.29, 1.82) is 0 Å². The van der Waals surface area contributed by atoms with E-state index in [1.165, 1.54) is 13.8 Å². The Balaban J connectivity index is 0. The van der Waals surface area contributed by atoms with Crippen LogP contribution >= 0.6 is 0 Å². The molecule has 7 heteroatoms. The van der Waals surface area contributed by atoms with Crippen molar-refractivity contribution >= 4 is 16.1 Å². The van der Waals surface area contributed by atoms with Crippen LogP contribution in [0.25, 0.3) is 0 Å². The first-order chi connectivity index (χ1) is 6.57. The summed E-state index contributed by atoms with van der Waals surface area (Å²) in [6, 6.07) is 0. The Morgan fingerprint density at radius 1 is 1.44 bits per heavy atom. The molecule has 1 unspecified atom stereocenters. The molecule has 0 N–H and O–H groups in total. The normalized spacial score (nSPS) is 13.8. The maximum atomic E-state index is 11.4. The molecular weight excluding hydrogens is 243 g/mol. The molecule has 0 radical (unpaired) electrons. The first kappa shape index (κ1) is 18.7. The predicted molar refractivity (Wildman–Crippen MR) is 54.2 cm³/mol. The molecule has 90 valence electrons. The predicted octanol–water partition coefficient (Wildman–Crippen LogP) is -2.10. The number of esters is 1. The average Bonchev–Trinajstić information content (AvgIpc) is 1.96. The fourth-order valence-electron chi connectivity index (χ4n) is 0.995. The van der Waals surface area contributed by atoms with E-state index >= 15 is 0 Å². The summed E-state index contributed by atoms with van der Waals surface area (Å²) in [5.41, 5.74) is -1.26. The van der Waals surface area contributed by atoms with Gasteiger partial charge in [-0.05, 0) is 20.3 Å². The van der Waals surface area contributed by atoms with Crippen LogP contribution < -0.4 is 29.6 Å². The van der Waals surface area contributed by atoms with Gasteiger partial charge in [0.05, 0.1) is 21.8 Å². The molecule has 0 spiro atoms. The van der Waals surface area contributed by atoms with Gasteiger partial charge in [-0.15, -0.1) is 0 Å². The fourth-order valence-corrected chi connectivity index (χ4v) is 1.91. The van der Waals surface area contributed by atoms with Crippen molar-refractivity contribution in [2.45, 2.75) is 39.7 Å². The zero-order chi connectivity index (χ0) is 12.3. The molecule has 0 fully saturated rings. The Hall–Kier alpha value is 0.380. The third-order valence-electron chi connectivity index (χ3n) is 1.92. The summed E-state index contributed by atoms with van der Waals surface area (Å²) >= 11 is 0. The Labute approximate surface area is 119 Å². The number of carbonyl (C=O) groups excluding carboxylic acids is 1. The van der Waals surface area contributed by atoms with Crippen LogP contribution in [0.2, 0.25) is 0 Å². The van der Waals surface area contributed by atoms with Gasteiger partial charge < -0.3 is 9.29 Å². The van der Waals surface area contributed by atoms with Gasteiger partial charge in [-0.2, -0.15) is 0 Å². The maximum Gasteiger partial charge on any atom is 1.00 e. The minimum absolute atomic E-state index is 0. The van der Waals surface area contributed by atoms with Crippen LogP contribution in [0.15, 0.2) is 0 Å². The summed E-state index contributed by atoms with van der Waals surface area (Å²) in [6.07, 6.45) is 0.610. The number of ether oxygens (including phenoxy) is 1.